The van der Waals surface area contributed by atoms with Gasteiger partial charge in [0.15, 0.2) is 17.3 Å². The van der Waals surface area contributed by atoms with Crippen molar-refractivity contribution < 1.29 is 57.9 Å². The van der Waals surface area contributed by atoms with E-state index in [2.05, 4.69) is 54.2 Å². The van der Waals surface area contributed by atoms with Crippen molar-refractivity contribution in [1.29, 1.82) is 0 Å². The van der Waals surface area contributed by atoms with Gasteiger partial charge < -0.3 is 40.7 Å². The first-order valence-electron chi connectivity index (χ1n) is 30.2. The van der Waals surface area contributed by atoms with E-state index in [1.54, 1.807) is 94.2 Å². The van der Waals surface area contributed by atoms with Crippen molar-refractivity contribution in [2.45, 2.75) is 79.8 Å². The predicted molar refractivity (Wildman–Crippen MR) is 394 cm³/mol. The smallest absolute Gasteiger partial charge is 0.437 e. The molecule has 4 aliphatic heterocycles. The van der Waals surface area contributed by atoms with Gasteiger partial charge in [-0.1, -0.05) is 169 Å². The molecule has 0 aliphatic carbocycles. The first-order chi connectivity index (χ1) is 43.5. The third-order valence-electron chi connectivity index (χ3n) is 16.1. The summed E-state index contributed by atoms with van der Waals surface area (Å²) in [6, 6.07) is 40.6. The van der Waals surface area contributed by atoms with E-state index in [0.29, 0.717) is 102 Å². The summed E-state index contributed by atoms with van der Waals surface area (Å²) in [6.45, 7) is 16.9. The van der Waals surface area contributed by atoms with Crippen LogP contribution in [0.5, 0.6) is 0 Å². The Hall–Kier alpha value is -2.64. The molecule has 0 saturated carbocycles. The van der Waals surface area contributed by atoms with E-state index in [9.17, 15) is 34.3 Å². The summed E-state index contributed by atoms with van der Waals surface area (Å²) >= 11 is 50.4. The zero-order valence-corrected chi connectivity index (χ0v) is 62.9. The molecule has 13 nitrogen and oxygen atoms in total. The third-order valence-corrected chi connectivity index (χ3v) is 19.6. The number of ketones is 3. The average molecular weight is 1520 g/mol. The van der Waals surface area contributed by atoms with Gasteiger partial charge in [0.05, 0.1) is 64.0 Å². The number of hydroxylamine groups is 2. The van der Waals surface area contributed by atoms with Crippen LogP contribution in [0.1, 0.15) is 88.7 Å². The van der Waals surface area contributed by atoms with Crippen molar-refractivity contribution in [3.63, 3.8) is 0 Å². The summed E-state index contributed by atoms with van der Waals surface area (Å²) in [6.07, 6.45) is 4.46. The van der Waals surface area contributed by atoms with Gasteiger partial charge in [-0.05, 0) is 176 Å². The molecule has 0 radical (unpaired) electrons. The Kier molecular flexibility index (Phi) is 38.1. The van der Waals surface area contributed by atoms with Crippen LogP contribution in [0.3, 0.4) is 0 Å². The molecular weight excluding hydrogens is 1440 g/mol. The molecule has 4 fully saturated rings. The van der Waals surface area contributed by atoms with Gasteiger partial charge in [-0.15, -0.1) is 12.4 Å². The number of nitrogens with zero attached hydrogens (tertiary/aromatic N) is 4. The second-order valence-corrected chi connectivity index (χ2v) is 28.0. The fourth-order valence-corrected chi connectivity index (χ4v) is 12.7. The summed E-state index contributed by atoms with van der Waals surface area (Å²) in [7, 11) is 1.53. The van der Waals surface area contributed by atoms with Crippen LogP contribution in [0, 0.1) is 28.6 Å². The number of nitrogens with one attached hydrogen (secondary N) is 1. The number of benzene rings is 6. The second kappa shape index (κ2) is 41.8. The standard InChI is InChI=1S/C19H20BCl2NO2.C18H17Cl2NO.C12H14BCl2NO2.C8H17BN2O3.C6H3BrCl2.C4H9.ClH.Li/c1-20(25)23-10-9-19(13-23,12-14-5-3-2-4-6-14)18(24)15-7-8-16(21)17(22)11-15;19-15-7-6-14(10-16(15)20)17(22)18(8-9-21-12-18)11-13-4-2-1-3-5-13;1-13(18)16-5-4-9(7-16)12(17)8-2-3-10(14)11(15)6-8;1-9(13)11-5-4-7(6-11)8(12)10(2)14-3;7-4-1-2-5(8)6(9)3-4;1-4(2)3;;/h2-8,11,25H,9-10,12-13H2,1H3;1-7,10,21H,8-9,11-12H2;2-3,6,9,18H,4-5,7H2,1H3;7,13H,4-6H2,1-3H3;1-3H;1-3H3;1H;/q;;;;;-1;;+1. The van der Waals surface area contributed by atoms with Gasteiger partial charge in [-0.25, -0.2) is 5.06 Å². The minimum absolute atomic E-state index is 0. The van der Waals surface area contributed by atoms with Gasteiger partial charge in [-0.3, -0.25) is 24.0 Å². The Morgan fingerprint density at radius 2 is 0.968 bits per heavy atom. The van der Waals surface area contributed by atoms with Crippen molar-refractivity contribution in [2.24, 2.45) is 22.7 Å². The zero-order valence-electron chi connectivity index (χ0n) is 54.5. The van der Waals surface area contributed by atoms with Crippen molar-refractivity contribution in [1.82, 2.24) is 24.8 Å². The summed E-state index contributed by atoms with van der Waals surface area (Å²) in [5.41, 5.74) is 3.10. The Balaban J connectivity index is 0.000000309. The quantitative estimate of drug-likeness (QED) is 0.0253. The van der Waals surface area contributed by atoms with Crippen LogP contribution >= 0.6 is 121 Å². The largest absolute Gasteiger partial charge is 1.00 e. The van der Waals surface area contributed by atoms with Crippen molar-refractivity contribution in [2.75, 3.05) is 66.5 Å². The number of Topliss-reactive ketones (excluding diaryl/α,β-unsaturated/α-hetero) is 3. The number of rotatable bonds is 15. The number of carbonyl (C=O) groups is 4. The van der Waals surface area contributed by atoms with E-state index in [0.717, 1.165) is 55.4 Å². The Labute approximate surface area is 623 Å². The Morgan fingerprint density at radius 3 is 1.35 bits per heavy atom. The molecule has 27 heteroatoms. The maximum absolute atomic E-state index is 13.4. The predicted octanol–water partition coefficient (Wildman–Crippen LogP) is 13.5. The molecule has 4 aliphatic rings. The van der Waals surface area contributed by atoms with E-state index >= 15 is 0 Å². The summed E-state index contributed by atoms with van der Waals surface area (Å²) < 4.78 is 0.942. The molecular formula is C67H81B3BrCl9LiN5O8. The van der Waals surface area contributed by atoms with Gasteiger partial charge in [0.25, 0.3) is 0 Å². The molecule has 4 saturated heterocycles. The SMILES string of the molecule is CB(O)N1CCC(C(=O)c2ccc(Cl)c(Cl)c2)C1.CB(O)N1CCC(Cc2ccccc2)(C(=O)c2ccc(Cl)c(Cl)c2)C1.CON(C)C(=O)C1CCN(B(C)O)C1.C[C-](C)C.Cl.Clc1ccc(Br)cc1Cl.O=C(c1ccc(Cl)c(Cl)c1)C1(Cc2ccccc2)CCNC1.[Li+]. The molecule has 4 heterocycles. The van der Waals surface area contributed by atoms with Crippen LogP contribution in [-0.4, -0.2) is 145 Å². The van der Waals surface area contributed by atoms with E-state index in [1.807, 2.05) is 69.0 Å². The summed E-state index contributed by atoms with van der Waals surface area (Å²) in [5.74, 6) is 1.54. The molecule has 4 atom stereocenters. The van der Waals surface area contributed by atoms with Gasteiger partial charge in [0.2, 0.25) is 5.91 Å². The summed E-state index contributed by atoms with van der Waals surface area (Å²) in [5, 5.41) is 37.1. The Morgan fingerprint density at radius 1 is 0.574 bits per heavy atom. The fraction of sp³-hybridized carbons (Fsp3) is 0.388. The molecule has 6 aromatic rings. The summed E-state index contributed by atoms with van der Waals surface area (Å²) in [4.78, 5) is 60.9. The average Bonchev–Trinajstić information content (AvgIpc) is 1.69. The van der Waals surface area contributed by atoms with Crippen LogP contribution in [0.15, 0.2) is 138 Å². The molecule has 502 valence electrons. The molecule has 6 aromatic carbocycles. The van der Waals surface area contributed by atoms with E-state index in [1.165, 1.54) is 23.7 Å². The monoisotopic (exact) mass is 1520 g/mol. The van der Waals surface area contributed by atoms with Gasteiger partial charge in [0, 0.05) is 53.8 Å². The molecule has 0 spiro atoms. The number of amides is 1. The van der Waals surface area contributed by atoms with E-state index in [4.69, 9.17) is 97.6 Å². The fourth-order valence-electron chi connectivity index (χ4n) is 11.0. The number of carbonyl (C=O) groups excluding carboxylic acids is 4. The van der Waals surface area contributed by atoms with Crippen LogP contribution < -0.4 is 24.2 Å². The van der Waals surface area contributed by atoms with Crippen LogP contribution in [0.2, 0.25) is 60.7 Å². The first-order valence-corrected chi connectivity index (χ1v) is 34.0. The minimum Gasteiger partial charge on any atom is -0.437 e. The third kappa shape index (κ3) is 26.1. The molecule has 10 rings (SSSR count). The van der Waals surface area contributed by atoms with Crippen molar-refractivity contribution >= 4 is 166 Å². The van der Waals surface area contributed by atoms with Gasteiger partial charge in [-0.2, -0.15) is 20.8 Å². The Bertz CT molecular complexity index is 3370. The van der Waals surface area contributed by atoms with Gasteiger partial charge in [0.1, 0.15) is 0 Å². The molecule has 4 N–H and O–H groups in total. The van der Waals surface area contributed by atoms with E-state index < -0.39 is 32.0 Å². The maximum atomic E-state index is 13.4. The normalized spacial score (nSPS) is 18.9. The molecule has 4 unspecified atom stereocenters. The topological polar surface area (TPSA) is 163 Å². The number of hydrogen-bond donors (Lipinski definition) is 4. The number of hydrogen-bond acceptors (Lipinski definition) is 12. The van der Waals surface area contributed by atoms with Crippen molar-refractivity contribution in [3.05, 3.63) is 212 Å². The number of halogens is 10. The van der Waals surface area contributed by atoms with Crippen molar-refractivity contribution in [3.8, 4) is 0 Å². The van der Waals surface area contributed by atoms with Gasteiger partial charge >= 0.3 is 40.0 Å². The molecule has 94 heavy (non-hydrogen) atoms. The van der Waals surface area contributed by atoms with Crippen LogP contribution in [0.25, 0.3) is 0 Å². The zero-order chi connectivity index (χ0) is 68.0. The van der Waals surface area contributed by atoms with E-state index in [-0.39, 0.29) is 66.4 Å². The molecule has 1 amide bonds. The van der Waals surface area contributed by atoms with Crippen LogP contribution in [-0.2, 0) is 22.5 Å². The molecule has 0 bridgehead atoms. The second-order valence-electron chi connectivity index (χ2n) is 23.9. The molecule has 0 aromatic heterocycles. The minimum atomic E-state index is -0.574. The maximum Gasteiger partial charge on any atom is 1.00 e. The van der Waals surface area contributed by atoms with Crippen LogP contribution in [0.4, 0.5) is 0 Å². The first kappa shape index (κ1) is 85.6.